The Morgan fingerprint density at radius 2 is 1.87 bits per heavy atom. The number of esters is 2. The predicted octanol–water partition coefficient (Wildman–Crippen LogP) is 0.0881. The smallest absolute Gasteiger partial charge is 0.339 e. The Bertz CT molecular complexity index is 343. The molecule has 1 heterocycles. The molecule has 1 rings (SSSR count). The second-order valence-electron chi connectivity index (χ2n) is 3.15. The van der Waals surface area contributed by atoms with E-state index in [9.17, 15) is 9.59 Å². The van der Waals surface area contributed by atoms with Crippen molar-refractivity contribution in [2.45, 2.75) is 0 Å². The van der Waals surface area contributed by atoms with Crippen LogP contribution in [0.15, 0.2) is 23.4 Å². The monoisotopic (exact) mass is 211 g/mol. The van der Waals surface area contributed by atoms with Crippen LogP contribution in [0.3, 0.4) is 0 Å². The van der Waals surface area contributed by atoms with Crippen LogP contribution in [0, 0.1) is 0 Å². The normalized spacial score (nSPS) is 15.3. The summed E-state index contributed by atoms with van der Waals surface area (Å²) in [6, 6.07) is 0. The number of ether oxygens (including phenoxy) is 2. The molecule has 1 aliphatic rings. The van der Waals surface area contributed by atoms with E-state index in [1.54, 1.807) is 18.1 Å². The van der Waals surface area contributed by atoms with Gasteiger partial charge in [0.25, 0.3) is 0 Å². The van der Waals surface area contributed by atoms with E-state index >= 15 is 0 Å². The van der Waals surface area contributed by atoms with Gasteiger partial charge in [-0.25, -0.2) is 9.59 Å². The zero-order valence-corrected chi connectivity index (χ0v) is 8.94. The van der Waals surface area contributed by atoms with Crippen LogP contribution in [-0.2, 0) is 19.1 Å². The largest absolute Gasteiger partial charge is 0.466 e. The number of hydrogen-bond donors (Lipinski definition) is 0. The molecule has 0 aromatic heterocycles. The van der Waals surface area contributed by atoms with Gasteiger partial charge in [-0.3, -0.25) is 0 Å². The van der Waals surface area contributed by atoms with Crippen molar-refractivity contribution in [3.05, 3.63) is 23.4 Å². The second kappa shape index (κ2) is 4.63. The molecule has 82 valence electrons. The van der Waals surface area contributed by atoms with Gasteiger partial charge in [0.1, 0.15) is 0 Å². The third-order valence-electron chi connectivity index (χ3n) is 1.98. The number of nitrogens with zero attached hydrogens (tertiary/aromatic N) is 1. The molecule has 5 heteroatoms. The van der Waals surface area contributed by atoms with Gasteiger partial charge in [0.2, 0.25) is 0 Å². The van der Waals surface area contributed by atoms with Gasteiger partial charge in [-0.05, 0) is 6.08 Å². The number of carbonyl (C=O) groups excluding carboxylic acids is 2. The number of hydrogen-bond acceptors (Lipinski definition) is 5. The summed E-state index contributed by atoms with van der Waals surface area (Å²) in [5.74, 6) is -0.903. The fraction of sp³-hybridized carbons (Fsp3) is 0.400. The molecule has 0 amide bonds. The Labute approximate surface area is 87.9 Å². The van der Waals surface area contributed by atoms with E-state index in [0.717, 1.165) is 0 Å². The molecule has 0 fully saturated rings. The third kappa shape index (κ3) is 2.59. The Morgan fingerprint density at radius 1 is 1.27 bits per heavy atom. The maximum absolute atomic E-state index is 11.3. The lowest BCUT2D eigenvalue weighted by Gasteiger charge is -2.20. The van der Waals surface area contributed by atoms with Crippen molar-refractivity contribution in [2.75, 3.05) is 27.8 Å². The molecule has 15 heavy (non-hydrogen) atoms. The first-order valence-corrected chi connectivity index (χ1v) is 4.37. The molecule has 0 aromatic carbocycles. The van der Waals surface area contributed by atoms with Gasteiger partial charge in [-0.15, -0.1) is 0 Å². The van der Waals surface area contributed by atoms with Crippen molar-refractivity contribution in [3.8, 4) is 0 Å². The Balaban J connectivity index is 2.93. The van der Waals surface area contributed by atoms with Crippen LogP contribution in [-0.4, -0.2) is 44.7 Å². The van der Waals surface area contributed by atoms with Crippen molar-refractivity contribution in [2.24, 2.45) is 0 Å². The Morgan fingerprint density at radius 3 is 2.40 bits per heavy atom. The number of likely N-dealkylation sites (N-methyl/N-ethyl adjacent to an activating group) is 1. The van der Waals surface area contributed by atoms with Crippen LogP contribution in [0.5, 0.6) is 0 Å². The van der Waals surface area contributed by atoms with Crippen molar-refractivity contribution in [3.63, 3.8) is 0 Å². The Kier molecular flexibility index (Phi) is 3.49. The molecule has 0 spiro atoms. The first-order valence-electron chi connectivity index (χ1n) is 4.37. The summed E-state index contributed by atoms with van der Waals surface area (Å²) >= 11 is 0. The van der Waals surface area contributed by atoms with E-state index in [2.05, 4.69) is 9.47 Å². The van der Waals surface area contributed by atoms with E-state index in [4.69, 9.17) is 0 Å². The van der Waals surface area contributed by atoms with Gasteiger partial charge in [0, 0.05) is 19.8 Å². The maximum Gasteiger partial charge on any atom is 0.339 e. The van der Waals surface area contributed by atoms with Crippen LogP contribution in [0.2, 0.25) is 0 Å². The quantitative estimate of drug-likeness (QED) is 0.606. The lowest BCUT2D eigenvalue weighted by molar-refractivity contribution is -0.136. The van der Waals surface area contributed by atoms with Crippen LogP contribution in [0.1, 0.15) is 0 Å². The summed E-state index contributed by atoms with van der Waals surface area (Å²) in [6.45, 7) is 0.424. The van der Waals surface area contributed by atoms with Crippen LogP contribution in [0.25, 0.3) is 0 Å². The lowest BCUT2D eigenvalue weighted by atomic mass is 10.1. The van der Waals surface area contributed by atoms with Crippen molar-refractivity contribution in [1.82, 2.24) is 4.90 Å². The lowest BCUT2D eigenvalue weighted by Crippen LogP contribution is -2.25. The fourth-order valence-electron chi connectivity index (χ4n) is 1.31. The summed E-state index contributed by atoms with van der Waals surface area (Å²) in [5.41, 5.74) is 0.773. The molecular formula is C10H13NO4. The highest BCUT2D eigenvalue weighted by molar-refractivity contribution is 5.97. The van der Waals surface area contributed by atoms with E-state index in [1.165, 1.54) is 20.3 Å². The molecule has 0 radical (unpaired) electrons. The average Bonchev–Trinajstić information content (AvgIpc) is 2.26. The average molecular weight is 211 g/mol. The van der Waals surface area contributed by atoms with Gasteiger partial charge in [-0.2, -0.15) is 0 Å². The SMILES string of the molecule is COC(=O)C1=CN(C)CC(C(=O)OC)=C1. The first-order chi connectivity index (χ1) is 7.08. The molecule has 0 aliphatic carbocycles. The molecule has 0 atom stereocenters. The predicted molar refractivity (Wildman–Crippen MR) is 52.8 cm³/mol. The van der Waals surface area contributed by atoms with Crippen molar-refractivity contribution < 1.29 is 19.1 Å². The molecule has 0 saturated carbocycles. The highest BCUT2D eigenvalue weighted by Gasteiger charge is 2.19. The molecule has 0 N–H and O–H groups in total. The molecule has 0 aromatic rings. The minimum Gasteiger partial charge on any atom is -0.466 e. The maximum atomic E-state index is 11.3. The standard InChI is InChI=1S/C10H13NO4/c1-11-5-7(9(12)14-2)4-8(6-11)10(13)15-3/h4-5H,6H2,1-3H3. The van der Waals surface area contributed by atoms with Gasteiger partial charge >= 0.3 is 11.9 Å². The number of carbonyl (C=O) groups is 2. The van der Waals surface area contributed by atoms with E-state index < -0.39 is 11.9 Å². The zero-order chi connectivity index (χ0) is 11.4. The Hall–Kier alpha value is -1.78. The van der Waals surface area contributed by atoms with Crippen molar-refractivity contribution in [1.29, 1.82) is 0 Å². The highest BCUT2D eigenvalue weighted by atomic mass is 16.5. The van der Waals surface area contributed by atoms with Crippen molar-refractivity contribution >= 4 is 11.9 Å². The molecule has 0 saturated heterocycles. The van der Waals surface area contributed by atoms with Gasteiger partial charge < -0.3 is 14.4 Å². The molecule has 1 aliphatic heterocycles. The molecule has 0 bridgehead atoms. The second-order valence-corrected chi connectivity index (χ2v) is 3.15. The summed E-state index contributed by atoms with van der Waals surface area (Å²) < 4.78 is 9.16. The van der Waals surface area contributed by atoms with Crippen LogP contribution >= 0.6 is 0 Å². The summed E-state index contributed by atoms with van der Waals surface area (Å²) in [7, 11) is 4.36. The zero-order valence-electron chi connectivity index (χ0n) is 8.94. The molecular weight excluding hydrogens is 198 g/mol. The van der Waals surface area contributed by atoms with E-state index in [-0.39, 0.29) is 0 Å². The minimum atomic E-state index is -0.469. The van der Waals surface area contributed by atoms with Crippen LogP contribution < -0.4 is 0 Å². The summed E-state index contributed by atoms with van der Waals surface area (Å²) in [5, 5.41) is 0. The summed E-state index contributed by atoms with van der Waals surface area (Å²) in [6.07, 6.45) is 3.11. The summed E-state index contributed by atoms with van der Waals surface area (Å²) in [4.78, 5) is 24.2. The van der Waals surface area contributed by atoms with Crippen LogP contribution in [0.4, 0.5) is 0 Å². The third-order valence-corrected chi connectivity index (χ3v) is 1.98. The molecule has 5 nitrogen and oxygen atoms in total. The number of rotatable bonds is 2. The number of methoxy groups -OCH3 is 2. The van der Waals surface area contributed by atoms with Gasteiger partial charge in [-0.1, -0.05) is 0 Å². The highest BCUT2D eigenvalue weighted by Crippen LogP contribution is 2.14. The van der Waals surface area contributed by atoms with E-state index in [0.29, 0.717) is 17.7 Å². The van der Waals surface area contributed by atoms with E-state index in [1.807, 2.05) is 0 Å². The fourth-order valence-corrected chi connectivity index (χ4v) is 1.31. The minimum absolute atomic E-state index is 0.339. The topological polar surface area (TPSA) is 55.8 Å². The first kappa shape index (κ1) is 11.3. The molecule has 0 unspecified atom stereocenters. The van der Waals surface area contributed by atoms with Gasteiger partial charge in [0.05, 0.1) is 25.4 Å². The van der Waals surface area contributed by atoms with Gasteiger partial charge in [0.15, 0.2) is 0 Å².